The molecule has 3 rings (SSSR count). The smallest absolute Gasteiger partial charge is 0.338 e. The van der Waals surface area contributed by atoms with Crippen molar-refractivity contribution in [1.82, 2.24) is 4.72 Å². The quantitative estimate of drug-likeness (QED) is 0.248. The average molecular weight is 518 g/mol. The van der Waals surface area contributed by atoms with E-state index in [1.54, 1.807) is 30.3 Å². The van der Waals surface area contributed by atoms with Crippen molar-refractivity contribution in [3.05, 3.63) is 99.1 Å². The van der Waals surface area contributed by atoms with Crippen molar-refractivity contribution in [1.29, 1.82) is 0 Å². The van der Waals surface area contributed by atoms with Crippen molar-refractivity contribution >= 4 is 44.9 Å². The number of nitrogens with one attached hydrogen (secondary N) is 2. The molecule has 0 aliphatic carbocycles. The number of sulfonamides is 1. The van der Waals surface area contributed by atoms with Crippen LogP contribution >= 0.6 is 11.6 Å². The summed E-state index contributed by atoms with van der Waals surface area (Å²) in [5.41, 5.74) is 0.524. The number of ether oxygens (including phenoxy) is 1. The summed E-state index contributed by atoms with van der Waals surface area (Å²) in [6, 6.07) is 17.7. The first kappa shape index (κ1) is 25.8. The van der Waals surface area contributed by atoms with E-state index in [1.807, 2.05) is 0 Å². The van der Waals surface area contributed by atoms with E-state index in [2.05, 4.69) is 10.0 Å². The van der Waals surface area contributed by atoms with E-state index < -0.39 is 32.9 Å². The van der Waals surface area contributed by atoms with E-state index in [-0.39, 0.29) is 33.4 Å². The molecule has 3 aromatic carbocycles. The number of halogens is 1. The van der Waals surface area contributed by atoms with E-state index >= 15 is 0 Å². The highest BCUT2D eigenvalue weighted by Gasteiger charge is 2.23. The molecule has 3 aromatic rings. The minimum atomic E-state index is -4.07. The van der Waals surface area contributed by atoms with Gasteiger partial charge in [-0.15, -0.1) is 0 Å². The fourth-order valence-electron chi connectivity index (χ4n) is 2.91. The lowest BCUT2D eigenvalue weighted by Crippen LogP contribution is -2.30. The first-order chi connectivity index (χ1) is 16.6. The number of carbonyl (C=O) groups is 2. The fourth-order valence-corrected chi connectivity index (χ4v) is 4.45. The molecule has 0 aromatic heterocycles. The fraction of sp³-hybridized carbons (Fsp3) is 0.130. The highest BCUT2D eigenvalue weighted by atomic mass is 35.5. The van der Waals surface area contributed by atoms with Crippen LogP contribution in [0.25, 0.3) is 0 Å². The Labute approximate surface area is 206 Å². The normalized spacial score (nSPS) is 11.9. The molecule has 10 nitrogen and oxygen atoms in total. The van der Waals surface area contributed by atoms with Crippen molar-refractivity contribution in [3.8, 4) is 0 Å². The van der Waals surface area contributed by atoms with E-state index in [4.69, 9.17) is 16.3 Å². The topological polar surface area (TPSA) is 145 Å². The molecule has 0 fully saturated rings. The standard InChI is InChI=1S/C23H20ClN3O7S/c1-15(22(28)26-18-8-5-9-19(13-18)27(30)31)34-23(29)17-10-11-20(24)21(12-17)35(32,33)25-14-16-6-3-2-4-7-16/h2-13,15,25H,14H2,1H3,(H,26,28)/t15-/m0/s1. The third-order valence-electron chi connectivity index (χ3n) is 4.74. The second-order valence-electron chi connectivity index (χ2n) is 7.30. The van der Waals surface area contributed by atoms with Crippen LogP contribution in [0.4, 0.5) is 11.4 Å². The second-order valence-corrected chi connectivity index (χ2v) is 9.44. The highest BCUT2D eigenvalue weighted by molar-refractivity contribution is 7.89. The molecule has 12 heteroatoms. The Bertz CT molecular complexity index is 1360. The molecule has 0 bridgehead atoms. The number of nitrogens with zero attached hydrogens (tertiary/aromatic N) is 1. The molecule has 2 N–H and O–H groups in total. The van der Waals surface area contributed by atoms with Crippen LogP contribution < -0.4 is 10.0 Å². The molecule has 182 valence electrons. The lowest BCUT2D eigenvalue weighted by molar-refractivity contribution is -0.384. The van der Waals surface area contributed by atoms with Gasteiger partial charge in [-0.3, -0.25) is 14.9 Å². The Morgan fingerprint density at radius 2 is 1.77 bits per heavy atom. The van der Waals surface area contributed by atoms with Gasteiger partial charge in [-0.25, -0.2) is 17.9 Å². The number of carbonyl (C=O) groups excluding carboxylic acids is 2. The van der Waals surface area contributed by atoms with Gasteiger partial charge in [0.15, 0.2) is 6.10 Å². The first-order valence-corrected chi connectivity index (χ1v) is 12.0. The van der Waals surface area contributed by atoms with Crippen molar-refractivity contribution in [2.45, 2.75) is 24.5 Å². The number of nitro benzene ring substituents is 1. The van der Waals surface area contributed by atoms with Crippen LogP contribution in [0.2, 0.25) is 5.02 Å². The highest BCUT2D eigenvalue weighted by Crippen LogP contribution is 2.24. The molecule has 0 unspecified atom stereocenters. The minimum Gasteiger partial charge on any atom is -0.449 e. The molecule has 1 atom stereocenters. The number of amides is 1. The predicted octanol–water partition coefficient (Wildman–Crippen LogP) is 3.91. The van der Waals surface area contributed by atoms with Crippen molar-refractivity contribution < 1.29 is 27.7 Å². The van der Waals surface area contributed by atoms with Gasteiger partial charge in [0.05, 0.1) is 15.5 Å². The maximum atomic E-state index is 12.8. The number of nitro groups is 1. The van der Waals surface area contributed by atoms with E-state index in [0.29, 0.717) is 0 Å². The Morgan fingerprint density at radius 3 is 2.46 bits per heavy atom. The van der Waals surface area contributed by atoms with E-state index in [0.717, 1.165) is 17.7 Å². The summed E-state index contributed by atoms with van der Waals surface area (Å²) in [6.45, 7) is 1.32. The molecule has 0 saturated heterocycles. The van der Waals surface area contributed by atoms with Crippen LogP contribution in [-0.2, 0) is 26.1 Å². The van der Waals surface area contributed by atoms with Gasteiger partial charge in [0.2, 0.25) is 10.0 Å². The number of esters is 1. The van der Waals surface area contributed by atoms with Gasteiger partial charge in [0, 0.05) is 24.4 Å². The van der Waals surface area contributed by atoms with Gasteiger partial charge in [0.25, 0.3) is 11.6 Å². The summed E-state index contributed by atoms with van der Waals surface area (Å²) in [6.07, 6.45) is -1.28. The molecule has 0 spiro atoms. The van der Waals surface area contributed by atoms with Crippen molar-refractivity contribution in [2.24, 2.45) is 0 Å². The van der Waals surface area contributed by atoms with Crippen LogP contribution in [0.1, 0.15) is 22.8 Å². The Hall–Kier alpha value is -3.80. The number of benzene rings is 3. The number of rotatable bonds is 9. The Morgan fingerprint density at radius 1 is 1.06 bits per heavy atom. The summed E-state index contributed by atoms with van der Waals surface area (Å²) in [5, 5.41) is 13.2. The lowest BCUT2D eigenvalue weighted by atomic mass is 10.2. The zero-order valence-electron chi connectivity index (χ0n) is 18.3. The first-order valence-electron chi connectivity index (χ1n) is 10.2. The molecular formula is C23H20ClN3O7S. The summed E-state index contributed by atoms with van der Waals surface area (Å²) < 4.78 is 33.1. The minimum absolute atomic E-state index is 0.0169. The molecule has 0 radical (unpaired) electrons. The summed E-state index contributed by atoms with van der Waals surface area (Å²) in [4.78, 5) is 34.9. The number of non-ortho nitro benzene ring substituents is 1. The number of anilines is 1. The molecule has 0 aliphatic rings. The van der Waals surface area contributed by atoms with Crippen LogP contribution in [0.15, 0.2) is 77.7 Å². The molecular weight excluding hydrogens is 498 g/mol. The van der Waals surface area contributed by atoms with E-state index in [1.165, 1.54) is 37.3 Å². The second kappa shape index (κ2) is 11.1. The van der Waals surface area contributed by atoms with Crippen LogP contribution in [0.5, 0.6) is 0 Å². The maximum absolute atomic E-state index is 12.8. The van der Waals surface area contributed by atoms with E-state index in [9.17, 15) is 28.1 Å². The van der Waals surface area contributed by atoms with Crippen molar-refractivity contribution in [2.75, 3.05) is 5.32 Å². The monoisotopic (exact) mass is 517 g/mol. The van der Waals surface area contributed by atoms with Crippen LogP contribution in [-0.4, -0.2) is 31.3 Å². The molecule has 0 saturated carbocycles. The number of hydrogen-bond donors (Lipinski definition) is 2. The summed E-state index contributed by atoms with van der Waals surface area (Å²) in [5.74, 6) is -1.69. The lowest BCUT2D eigenvalue weighted by Gasteiger charge is -2.14. The summed E-state index contributed by atoms with van der Waals surface area (Å²) in [7, 11) is -4.07. The zero-order chi connectivity index (χ0) is 25.6. The molecule has 0 aliphatic heterocycles. The number of hydrogen-bond acceptors (Lipinski definition) is 7. The Kier molecular flexibility index (Phi) is 8.18. The van der Waals surface area contributed by atoms with Gasteiger partial charge in [-0.2, -0.15) is 0 Å². The molecule has 1 amide bonds. The van der Waals surface area contributed by atoms with Gasteiger partial charge in [-0.05, 0) is 36.8 Å². The largest absolute Gasteiger partial charge is 0.449 e. The SMILES string of the molecule is C[C@H](OC(=O)c1ccc(Cl)c(S(=O)(=O)NCc2ccccc2)c1)C(=O)Nc1cccc([N+](=O)[O-])c1. The third-order valence-corrected chi connectivity index (χ3v) is 6.63. The predicted molar refractivity (Wildman–Crippen MR) is 129 cm³/mol. The van der Waals surface area contributed by atoms with Gasteiger partial charge < -0.3 is 10.1 Å². The van der Waals surface area contributed by atoms with Gasteiger partial charge in [-0.1, -0.05) is 48.0 Å². The van der Waals surface area contributed by atoms with Gasteiger partial charge >= 0.3 is 5.97 Å². The van der Waals surface area contributed by atoms with Crippen molar-refractivity contribution in [3.63, 3.8) is 0 Å². The van der Waals surface area contributed by atoms with Crippen LogP contribution in [0, 0.1) is 10.1 Å². The molecule has 35 heavy (non-hydrogen) atoms. The maximum Gasteiger partial charge on any atom is 0.338 e. The van der Waals surface area contributed by atoms with Gasteiger partial charge in [0.1, 0.15) is 4.90 Å². The third kappa shape index (κ3) is 6.85. The molecule has 0 heterocycles. The average Bonchev–Trinajstić information content (AvgIpc) is 2.83. The van der Waals surface area contributed by atoms with Crippen LogP contribution in [0.3, 0.4) is 0 Å². The Balaban J connectivity index is 1.69. The zero-order valence-corrected chi connectivity index (χ0v) is 19.9. The summed E-state index contributed by atoms with van der Waals surface area (Å²) >= 11 is 6.07.